The molecule has 0 atom stereocenters. The number of quaternary nitrogens is 1. The molecule has 0 unspecified atom stereocenters. The third-order valence-electron chi connectivity index (χ3n) is 2.87. The molecule has 0 bridgehead atoms. The Morgan fingerprint density at radius 1 is 0.958 bits per heavy atom. The lowest BCUT2D eigenvalue weighted by Gasteiger charge is -2.10. The largest absolute Gasteiger partial charge is 0.330 e. The zero-order chi connectivity index (χ0) is 16.5. The topological polar surface area (TPSA) is 106 Å². The highest BCUT2D eigenvalue weighted by molar-refractivity contribution is 6.08. The van der Waals surface area contributed by atoms with Crippen LogP contribution in [-0.2, 0) is 14.5 Å². The summed E-state index contributed by atoms with van der Waals surface area (Å²) < 4.78 is 0. The van der Waals surface area contributed by atoms with Crippen LogP contribution < -0.4 is 5.32 Å². The molecule has 0 saturated heterocycles. The van der Waals surface area contributed by atoms with Crippen molar-refractivity contribution >= 4 is 23.6 Å². The predicted octanol–water partition coefficient (Wildman–Crippen LogP) is 1.27. The Morgan fingerprint density at radius 3 is 1.75 bits per heavy atom. The first-order chi connectivity index (χ1) is 11.2. The van der Waals surface area contributed by atoms with Gasteiger partial charge in [0.25, 0.3) is 0 Å². The van der Waals surface area contributed by atoms with Crippen molar-refractivity contribution in [3.63, 3.8) is 0 Å². The van der Waals surface area contributed by atoms with E-state index in [1.54, 1.807) is 24.5 Å². The van der Waals surface area contributed by atoms with Crippen molar-refractivity contribution in [1.82, 2.24) is 9.97 Å². The van der Waals surface area contributed by atoms with Gasteiger partial charge in [-0.15, -0.1) is 0 Å². The van der Waals surface area contributed by atoms with Crippen LogP contribution in [0.5, 0.6) is 0 Å². The van der Waals surface area contributed by atoms with E-state index in [-0.39, 0.29) is 19.7 Å². The molecular weight excluding hydrogens is 310 g/mol. The molecule has 0 aromatic carbocycles. The summed E-state index contributed by atoms with van der Waals surface area (Å²) in [5, 5.41) is 8.94. The molecule has 3 N–H and O–H groups in total. The Labute approximate surface area is 139 Å². The number of carbonyl (C=O) groups is 2. The summed E-state index contributed by atoms with van der Waals surface area (Å²) in [6.07, 6.45) is 6.62. The number of nitrogens with two attached hydrogens (primary N) is 1. The van der Waals surface area contributed by atoms with E-state index in [0.717, 1.165) is 22.8 Å². The van der Waals surface area contributed by atoms with Crippen molar-refractivity contribution < 1.29 is 25.1 Å². The maximum Gasteiger partial charge on any atom is 0.330 e. The monoisotopic (exact) mass is 328 g/mol. The van der Waals surface area contributed by atoms with Crippen LogP contribution in [0.4, 0.5) is 0 Å². The average Bonchev–Trinajstić information content (AvgIpc) is 2.63. The standard InChI is InChI=1S/C15H11N3O.CH2O3.CH4/c19-11-9-14(12-5-1-3-7-16-12)18-15(10-11)13-6-2-4-8-17-13;2-1-4-3;/h1-10H,(H,18,19);1,3H;1H4/p+1. The van der Waals surface area contributed by atoms with E-state index < -0.39 is 0 Å². The Morgan fingerprint density at radius 2 is 1.42 bits per heavy atom. The highest BCUT2D eigenvalue weighted by Crippen LogP contribution is 2.12. The molecule has 3 rings (SSSR count). The van der Waals surface area contributed by atoms with Gasteiger partial charge in [-0.1, -0.05) is 19.6 Å². The van der Waals surface area contributed by atoms with E-state index in [1.165, 1.54) is 0 Å². The van der Waals surface area contributed by atoms with E-state index >= 15 is 0 Å². The average molecular weight is 328 g/mol. The van der Waals surface area contributed by atoms with Crippen molar-refractivity contribution in [3.8, 4) is 0 Å². The van der Waals surface area contributed by atoms with Gasteiger partial charge in [-0.05, 0) is 24.3 Å². The third-order valence-corrected chi connectivity index (χ3v) is 2.87. The molecule has 2 aromatic heterocycles. The second kappa shape index (κ2) is 9.78. The fourth-order valence-electron chi connectivity index (χ4n) is 1.96. The minimum atomic E-state index is -0.0694. The van der Waals surface area contributed by atoms with Crippen molar-refractivity contribution in [2.45, 2.75) is 7.43 Å². The van der Waals surface area contributed by atoms with Crippen LogP contribution in [0.3, 0.4) is 0 Å². The van der Waals surface area contributed by atoms with Crippen LogP contribution in [-0.4, -0.2) is 27.5 Å². The summed E-state index contributed by atoms with van der Waals surface area (Å²) in [5.41, 5.74) is 3.21. The van der Waals surface area contributed by atoms with Gasteiger partial charge in [0.2, 0.25) is 0 Å². The van der Waals surface area contributed by atoms with E-state index in [2.05, 4.69) is 14.9 Å². The second-order valence-corrected chi connectivity index (χ2v) is 4.38. The first-order valence-electron chi connectivity index (χ1n) is 6.63. The molecule has 1 aliphatic heterocycles. The fraction of sp³-hybridized carbons (Fsp3) is 0.0588. The van der Waals surface area contributed by atoms with Gasteiger partial charge in [-0.3, -0.25) is 24.9 Å². The summed E-state index contributed by atoms with van der Waals surface area (Å²) in [4.78, 5) is 31.9. The number of allylic oxidation sites excluding steroid dienone is 2. The maximum atomic E-state index is 11.8. The molecule has 0 aliphatic carbocycles. The summed E-state index contributed by atoms with van der Waals surface area (Å²) in [7, 11) is 0. The Hall–Kier alpha value is -3.16. The molecule has 124 valence electrons. The number of ketones is 1. The summed E-state index contributed by atoms with van der Waals surface area (Å²) >= 11 is 0. The molecule has 0 radical (unpaired) electrons. The van der Waals surface area contributed by atoms with Crippen LogP contribution in [0.15, 0.2) is 60.9 Å². The third kappa shape index (κ3) is 5.24. The van der Waals surface area contributed by atoms with Gasteiger partial charge in [0, 0.05) is 24.5 Å². The van der Waals surface area contributed by atoms with Gasteiger partial charge in [-0.25, -0.2) is 5.26 Å². The van der Waals surface area contributed by atoms with Crippen molar-refractivity contribution in [1.29, 1.82) is 0 Å². The Kier molecular flexibility index (Phi) is 7.69. The summed E-state index contributed by atoms with van der Waals surface area (Å²) in [6.45, 7) is -0.0694. The molecule has 3 heterocycles. The molecule has 7 heteroatoms. The summed E-state index contributed by atoms with van der Waals surface area (Å²) in [5.74, 6) is -0.0381. The first-order valence-corrected chi connectivity index (χ1v) is 6.63. The molecule has 2 aromatic rings. The predicted molar refractivity (Wildman–Crippen MR) is 87.9 cm³/mol. The number of rotatable bonds is 3. The second-order valence-electron chi connectivity index (χ2n) is 4.38. The smallest absolute Gasteiger partial charge is 0.304 e. The molecule has 1 aliphatic rings. The Balaban J connectivity index is 0.000000522. The lowest BCUT2D eigenvalue weighted by atomic mass is 10.1. The highest BCUT2D eigenvalue weighted by atomic mass is 17.1. The normalized spacial score (nSPS) is 12.6. The number of hydrogen-bond donors (Lipinski definition) is 2. The first kappa shape index (κ1) is 18.9. The lowest BCUT2D eigenvalue weighted by molar-refractivity contribution is -0.461. The molecule has 0 saturated carbocycles. The summed E-state index contributed by atoms with van der Waals surface area (Å²) in [6, 6.07) is 11.3. The van der Waals surface area contributed by atoms with E-state index in [1.807, 2.05) is 41.7 Å². The minimum Gasteiger partial charge on any atom is -0.304 e. The van der Waals surface area contributed by atoms with E-state index in [4.69, 9.17) is 10.1 Å². The minimum absolute atomic E-state index is 0. The van der Waals surface area contributed by atoms with Gasteiger partial charge in [0.15, 0.2) is 17.2 Å². The van der Waals surface area contributed by atoms with Crippen molar-refractivity contribution in [2.24, 2.45) is 0 Å². The zero-order valence-electron chi connectivity index (χ0n) is 12.0. The number of pyridine rings is 2. The van der Waals surface area contributed by atoms with Gasteiger partial charge in [0.1, 0.15) is 11.4 Å². The van der Waals surface area contributed by atoms with Crippen LogP contribution in [0.2, 0.25) is 0 Å². The zero-order valence-corrected chi connectivity index (χ0v) is 12.0. The van der Waals surface area contributed by atoms with Crippen LogP contribution >= 0.6 is 0 Å². The van der Waals surface area contributed by atoms with Crippen LogP contribution in [0.25, 0.3) is 11.4 Å². The quantitative estimate of drug-likeness (QED) is 0.499. The molecule has 0 amide bonds. The van der Waals surface area contributed by atoms with Crippen LogP contribution in [0, 0.1) is 0 Å². The maximum absolute atomic E-state index is 11.8. The molecule has 7 nitrogen and oxygen atoms in total. The number of hydrogen-bond acceptors (Lipinski definition) is 6. The van der Waals surface area contributed by atoms with Crippen molar-refractivity contribution in [3.05, 3.63) is 72.3 Å². The number of nitrogens with zero attached hydrogens (tertiary/aromatic N) is 2. The fourth-order valence-corrected chi connectivity index (χ4v) is 1.96. The van der Waals surface area contributed by atoms with Gasteiger partial charge < -0.3 is 4.89 Å². The molecular formula is C17H18N3O4+. The number of aromatic nitrogens is 2. The van der Waals surface area contributed by atoms with Gasteiger partial charge >= 0.3 is 6.47 Å². The van der Waals surface area contributed by atoms with Gasteiger partial charge in [0.05, 0.1) is 0 Å². The van der Waals surface area contributed by atoms with Crippen molar-refractivity contribution in [2.75, 3.05) is 0 Å². The molecule has 0 spiro atoms. The SMILES string of the molecule is C.O=C1C=C(c2ccccn2)[NH2+]C(c2ccccn2)=C1.O=COO. The number of carbonyl (C=O) groups excluding carboxylic acids is 2. The van der Waals surface area contributed by atoms with Gasteiger partial charge in [-0.2, -0.15) is 0 Å². The lowest BCUT2D eigenvalue weighted by Crippen LogP contribution is -2.79. The Bertz CT molecular complexity index is 671. The highest BCUT2D eigenvalue weighted by Gasteiger charge is 2.20. The van der Waals surface area contributed by atoms with E-state index in [9.17, 15) is 4.79 Å². The van der Waals surface area contributed by atoms with Crippen LogP contribution in [0.1, 0.15) is 18.8 Å². The molecule has 0 fully saturated rings. The van der Waals surface area contributed by atoms with E-state index in [0.29, 0.717) is 0 Å². The molecule has 24 heavy (non-hydrogen) atoms.